The maximum atomic E-state index is 9.34. The van der Waals surface area contributed by atoms with Crippen LogP contribution in [-0.4, -0.2) is 22.1 Å². The molecule has 2 heterocycles. The summed E-state index contributed by atoms with van der Waals surface area (Å²) in [6, 6.07) is 10.3. The van der Waals surface area contributed by atoms with Crippen LogP contribution in [0.25, 0.3) is 0 Å². The average Bonchev–Trinajstić information content (AvgIpc) is 2.64. The number of anilines is 3. The van der Waals surface area contributed by atoms with Gasteiger partial charge in [-0.2, -0.15) is 5.26 Å². The number of rotatable bonds is 5. The summed E-state index contributed by atoms with van der Waals surface area (Å²) in [7, 11) is 0. The van der Waals surface area contributed by atoms with Crippen molar-refractivity contribution < 1.29 is 0 Å². The normalized spacial score (nSPS) is 19.9. The van der Waals surface area contributed by atoms with E-state index in [0.717, 1.165) is 30.6 Å². The molecule has 1 aliphatic rings. The summed E-state index contributed by atoms with van der Waals surface area (Å²) >= 11 is 0. The lowest BCUT2D eigenvalue weighted by molar-refractivity contribution is 0.404. The third kappa shape index (κ3) is 4.25. The Morgan fingerprint density at radius 1 is 1.32 bits per heavy atom. The molecule has 2 aromatic heterocycles. The van der Waals surface area contributed by atoms with Crippen LogP contribution < -0.4 is 16.4 Å². The lowest BCUT2D eigenvalue weighted by atomic mass is 9.91. The second-order valence-electron chi connectivity index (χ2n) is 6.42. The van der Waals surface area contributed by atoms with Crippen molar-refractivity contribution in [3.05, 3.63) is 41.9 Å². The summed E-state index contributed by atoms with van der Waals surface area (Å²) < 4.78 is 0. The van der Waals surface area contributed by atoms with Gasteiger partial charge >= 0.3 is 0 Å². The van der Waals surface area contributed by atoms with Gasteiger partial charge < -0.3 is 16.4 Å². The average molecular weight is 336 g/mol. The number of nitrogens with one attached hydrogen (secondary N) is 2. The van der Waals surface area contributed by atoms with E-state index in [-0.39, 0.29) is 12.1 Å². The second-order valence-corrected chi connectivity index (χ2v) is 6.42. The predicted molar refractivity (Wildman–Crippen MR) is 99.7 cm³/mol. The Hall–Kier alpha value is -2.65. The fourth-order valence-electron chi connectivity index (χ4n) is 3.16. The van der Waals surface area contributed by atoms with Gasteiger partial charge in [0, 0.05) is 17.8 Å². The van der Waals surface area contributed by atoms with Gasteiger partial charge in [-0.3, -0.25) is 0 Å². The van der Waals surface area contributed by atoms with E-state index in [2.05, 4.69) is 33.6 Å². The summed E-state index contributed by atoms with van der Waals surface area (Å²) in [6.07, 6.45) is 7.04. The molecule has 0 aromatic carbocycles. The highest BCUT2D eigenvalue weighted by Gasteiger charge is 2.21. The molecule has 0 radical (unpaired) electrons. The Balaban J connectivity index is 1.81. The second kappa shape index (κ2) is 7.95. The minimum Gasteiger partial charge on any atom is -0.379 e. The van der Waals surface area contributed by atoms with Crippen molar-refractivity contribution in [1.29, 1.82) is 5.26 Å². The molecule has 0 spiro atoms. The van der Waals surface area contributed by atoms with Crippen molar-refractivity contribution >= 4 is 17.2 Å². The maximum absolute atomic E-state index is 9.34. The van der Waals surface area contributed by atoms with Gasteiger partial charge in [0.15, 0.2) is 5.69 Å². The standard InChI is InChI=1S/C19H24N6/c1-2-13-6-5-9-19(24-13)25-17-10-14(12-22-18(17)11-20)23-16-8-4-3-7-15(16)21/h5-6,9-10,12,15-16,23H,2-4,7-8,21H2,1H3,(H,24,25)/t15-,16+/m0/s1. The lowest BCUT2D eigenvalue weighted by Crippen LogP contribution is -2.42. The first-order valence-electron chi connectivity index (χ1n) is 8.85. The third-order valence-electron chi connectivity index (χ3n) is 4.60. The van der Waals surface area contributed by atoms with E-state index in [1.807, 2.05) is 24.3 Å². The third-order valence-corrected chi connectivity index (χ3v) is 4.60. The molecule has 0 amide bonds. The molecule has 3 rings (SSSR count). The summed E-state index contributed by atoms with van der Waals surface area (Å²) in [5, 5.41) is 16.0. The Bertz CT molecular complexity index is 767. The molecular formula is C19H24N6. The molecule has 0 unspecified atom stereocenters. The number of nitrogens with two attached hydrogens (primary N) is 1. The zero-order chi connectivity index (χ0) is 17.6. The minimum absolute atomic E-state index is 0.156. The smallest absolute Gasteiger partial charge is 0.164 e. The molecule has 0 aliphatic heterocycles. The van der Waals surface area contributed by atoms with E-state index in [1.54, 1.807) is 6.20 Å². The minimum atomic E-state index is 0.156. The highest BCUT2D eigenvalue weighted by Crippen LogP contribution is 2.25. The number of aromatic nitrogens is 2. The molecule has 0 saturated heterocycles. The van der Waals surface area contributed by atoms with Crippen LogP contribution >= 0.6 is 0 Å². The molecule has 0 bridgehead atoms. The molecule has 130 valence electrons. The van der Waals surface area contributed by atoms with Crippen molar-refractivity contribution in [3.63, 3.8) is 0 Å². The number of hydrogen-bond acceptors (Lipinski definition) is 6. The largest absolute Gasteiger partial charge is 0.379 e. The van der Waals surface area contributed by atoms with Crippen molar-refractivity contribution in [2.45, 2.75) is 51.1 Å². The van der Waals surface area contributed by atoms with Crippen LogP contribution in [0.2, 0.25) is 0 Å². The van der Waals surface area contributed by atoms with Crippen LogP contribution in [0.15, 0.2) is 30.5 Å². The van der Waals surface area contributed by atoms with Gasteiger partial charge in [-0.25, -0.2) is 9.97 Å². The first kappa shape index (κ1) is 17.2. The van der Waals surface area contributed by atoms with Crippen LogP contribution in [0.5, 0.6) is 0 Å². The van der Waals surface area contributed by atoms with Crippen molar-refractivity contribution in [3.8, 4) is 6.07 Å². The van der Waals surface area contributed by atoms with Crippen LogP contribution in [0.1, 0.15) is 44.0 Å². The lowest BCUT2D eigenvalue weighted by Gasteiger charge is -2.30. The van der Waals surface area contributed by atoms with Crippen molar-refractivity contribution in [2.24, 2.45) is 5.73 Å². The summed E-state index contributed by atoms with van der Waals surface area (Å²) in [5.41, 5.74) is 9.09. The van der Waals surface area contributed by atoms with Gasteiger partial charge in [0.25, 0.3) is 0 Å². The molecule has 25 heavy (non-hydrogen) atoms. The number of hydrogen-bond donors (Lipinski definition) is 3. The van der Waals surface area contributed by atoms with E-state index in [4.69, 9.17) is 5.73 Å². The molecule has 6 heteroatoms. The first-order valence-corrected chi connectivity index (χ1v) is 8.85. The summed E-state index contributed by atoms with van der Waals surface area (Å²) in [5.74, 6) is 0.712. The van der Waals surface area contributed by atoms with E-state index >= 15 is 0 Å². The quantitative estimate of drug-likeness (QED) is 0.774. The Kier molecular flexibility index (Phi) is 5.46. The zero-order valence-electron chi connectivity index (χ0n) is 14.5. The van der Waals surface area contributed by atoms with Gasteiger partial charge in [0.05, 0.1) is 17.6 Å². The molecule has 1 aliphatic carbocycles. The predicted octanol–water partition coefficient (Wildman–Crippen LogP) is 3.34. The highest BCUT2D eigenvalue weighted by atomic mass is 15.0. The van der Waals surface area contributed by atoms with Gasteiger partial charge in [-0.05, 0) is 37.5 Å². The van der Waals surface area contributed by atoms with Gasteiger partial charge in [0.1, 0.15) is 11.9 Å². The Morgan fingerprint density at radius 3 is 2.92 bits per heavy atom. The van der Waals surface area contributed by atoms with E-state index in [9.17, 15) is 5.26 Å². The fraction of sp³-hybridized carbons (Fsp3) is 0.421. The summed E-state index contributed by atoms with van der Waals surface area (Å²) in [4.78, 5) is 8.80. The van der Waals surface area contributed by atoms with Crippen LogP contribution in [0.4, 0.5) is 17.2 Å². The molecule has 6 nitrogen and oxygen atoms in total. The van der Waals surface area contributed by atoms with E-state index in [1.165, 1.54) is 12.8 Å². The molecule has 1 fully saturated rings. The number of aryl methyl sites for hydroxylation is 1. The van der Waals surface area contributed by atoms with Gasteiger partial charge in [-0.15, -0.1) is 0 Å². The van der Waals surface area contributed by atoms with Crippen LogP contribution in [0, 0.1) is 11.3 Å². The Morgan fingerprint density at radius 2 is 2.16 bits per heavy atom. The van der Waals surface area contributed by atoms with Crippen molar-refractivity contribution in [1.82, 2.24) is 9.97 Å². The van der Waals surface area contributed by atoms with E-state index < -0.39 is 0 Å². The number of nitriles is 1. The van der Waals surface area contributed by atoms with Crippen LogP contribution in [-0.2, 0) is 6.42 Å². The van der Waals surface area contributed by atoms with Gasteiger partial charge in [0.2, 0.25) is 0 Å². The Labute approximate surface area is 148 Å². The summed E-state index contributed by atoms with van der Waals surface area (Å²) in [6.45, 7) is 2.06. The number of nitrogens with zero attached hydrogens (tertiary/aromatic N) is 3. The van der Waals surface area contributed by atoms with Crippen molar-refractivity contribution in [2.75, 3.05) is 10.6 Å². The molecule has 2 atom stereocenters. The molecule has 2 aromatic rings. The first-order chi connectivity index (χ1) is 12.2. The van der Waals surface area contributed by atoms with Crippen LogP contribution in [0.3, 0.4) is 0 Å². The zero-order valence-corrected chi connectivity index (χ0v) is 14.5. The highest BCUT2D eigenvalue weighted by molar-refractivity contribution is 5.67. The maximum Gasteiger partial charge on any atom is 0.164 e. The molecular weight excluding hydrogens is 312 g/mol. The van der Waals surface area contributed by atoms with E-state index in [0.29, 0.717) is 17.2 Å². The number of pyridine rings is 2. The van der Waals surface area contributed by atoms with Gasteiger partial charge in [-0.1, -0.05) is 25.8 Å². The molecule has 1 saturated carbocycles. The molecule has 4 N–H and O–H groups in total. The topological polar surface area (TPSA) is 99.6 Å². The SMILES string of the molecule is CCc1cccc(Nc2cc(N[C@@H]3CCCC[C@@H]3N)cnc2C#N)n1. The monoisotopic (exact) mass is 336 g/mol. The fourth-order valence-corrected chi connectivity index (χ4v) is 3.16.